The van der Waals surface area contributed by atoms with Gasteiger partial charge in [0.05, 0.1) is 25.3 Å². The summed E-state index contributed by atoms with van der Waals surface area (Å²) in [4.78, 5) is 43.8. The van der Waals surface area contributed by atoms with E-state index in [1.807, 2.05) is 0 Å². The molecule has 0 saturated carbocycles. The number of ether oxygens (including phenoxy) is 1. The maximum absolute atomic E-state index is 13.4. The minimum Gasteiger partial charge on any atom is -0.505 e. The highest BCUT2D eigenvalue weighted by molar-refractivity contribution is 6.01. The number of rotatable bonds is 11. The Bertz CT molecular complexity index is 1310. The average molecular weight is 516 g/mol. The van der Waals surface area contributed by atoms with E-state index < -0.39 is 22.8 Å². The lowest BCUT2D eigenvalue weighted by molar-refractivity contribution is 0.0835. The summed E-state index contributed by atoms with van der Waals surface area (Å²) in [5, 5.41) is 24.8. The molecule has 37 heavy (non-hydrogen) atoms. The van der Waals surface area contributed by atoms with Crippen LogP contribution in [0.3, 0.4) is 0 Å². The number of hydrogen-bond donors (Lipinski definition) is 4. The molecule has 3 rings (SSSR count). The molecule has 0 radical (unpaired) electrons. The molecular formula is C25H30FN5O6. The predicted octanol–water partition coefficient (Wildman–Crippen LogP) is 0.842. The molecule has 0 aliphatic rings. The van der Waals surface area contributed by atoms with Gasteiger partial charge in [-0.25, -0.2) is 9.18 Å². The van der Waals surface area contributed by atoms with Gasteiger partial charge in [0.25, 0.3) is 11.5 Å². The molecule has 2 aromatic heterocycles. The fourth-order valence-electron chi connectivity index (χ4n) is 3.63. The summed E-state index contributed by atoms with van der Waals surface area (Å²) in [5.74, 6) is -1.72. The van der Waals surface area contributed by atoms with Gasteiger partial charge in [-0.3, -0.25) is 14.6 Å². The van der Waals surface area contributed by atoms with E-state index in [9.17, 15) is 23.9 Å². The van der Waals surface area contributed by atoms with Gasteiger partial charge in [0.15, 0.2) is 5.75 Å². The van der Waals surface area contributed by atoms with Gasteiger partial charge in [0, 0.05) is 39.9 Å². The lowest BCUT2D eigenvalue weighted by Gasteiger charge is -2.17. The standard InChI is InChI=1S/C25H30FN5O6/c1-30(2)25(36)28-7-9-31-19-14-17(13-16-3-5-18(26)6-4-16)15-29-21(19)22(33)20(24(31)35)23(34)27-8-11-37-12-10-32/h3-6,14-15,32-33H,7-13H2,1-2H3,(H,27,34)(H,28,36). The summed E-state index contributed by atoms with van der Waals surface area (Å²) < 4.78 is 19.7. The van der Waals surface area contributed by atoms with Crippen molar-refractivity contribution in [2.75, 3.05) is 47.0 Å². The Morgan fingerprint density at radius 3 is 2.51 bits per heavy atom. The van der Waals surface area contributed by atoms with Crippen molar-refractivity contribution in [3.63, 3.8) is 0 Å². The van der Waals surface area contributed by atoms with E-state index in [1.165, 1.54) is 27.8 Å². The number of aliphatic hydroxyl groups is 1. The number of amides is 3. The van der Waals surface area contributed by atoms with Crippen LogP contribution in [0.2, 0.25) is 0 Å². The number of fused-ring (bicyclic) bond motifs is 1. The Kier molecular flexibility index (Phi) is 9.52. The highest BCUT2D eigenvalue weighted by atomic mass is 19.1. The molecule has 0 bridgehead atoms. The second kappa shape index (κ2) is 12.8. The zero-order valence-electron chi connectivity index (χ0n) is 20.7. The first-order valence-electron chi connectivity index (χ1n) is 11.6. The SMILES string of the molecule is CN(C)C(=O)NCCn1c(=O)c(C(=O)NCCOCCO)c(O)c2ncc(Cc3ccc(F)cc3)cc21. The number of benzene rings is 1. The molecule has 12 heteroatoms. The second-order valence-corrected chi connectivity index (χ2v) is 8.41. The molecule has 1 aromatic carbocycles. The van der Waals surface area contributed by atoms with E-state index in [0.29, 0.717) is 12.0 Å². The van der Waals surface area contributed by atoms with E-state index in [1.54, 1.807) is 32.3 Å². The van der Waals surface area contributed by atoms with Crippen LogP contribution in [0.25, 0.3) is 11.0 Å². The van der Waals surface area contributed by atoms with E-state index in [4.69, 9.17) is 9.84 Å². The Balaban J connectivity index is 1.98. The molecule has 0 fully saturated rings. The van der Waals surface area contributed by atoms with Gasteiger partial charge in [-0.15, -0.1) is 0 Å². The van der Waals surface area contributed by atoms with Crippen molar-refractivity contribution >= 4 is 23.0 Å². The Labute approximate surface area is 212 Å². The molecule has 4 N–H and O–H groups in total. The summed E-state index contributed by atoms with van der Waals surface area (Å²) in [6, 6.07) is 7.28. The second-order valence-electron chi connectivity index (χ2n) is 8.41. The van der Waals surface area contributed by atoms with E-state index >= 15 is 0 Å². The maximum atomic E-state index is 13.4. The van der Waals surface area contributed by atoms with Crippen molar-refractivity contribution in [3.05, 3.63) is 69.4 Å². The molecule has 0 spiro atoms. The number of halogens is 1. The predicted molar refractivity (Wildman–Crippen MR) is 134 cm³/mol. The average Bonchev–Trinajstić information content (AvgIpc) is 2.87. The van der Waals surface area contributed by atoms with Crippen LogP contribution in [-0.4, -0.2) is 83.6 Å². The van der Waals surface area contributed by atoms with Crippen LogP contribution in [0.15, 0.2) is 41.3 Å². The minimum atomic E-state index is -0.805. The molecule has 11 nitrogen and oxygen atoms in total. The van der Waals surface area contributed by atoms with Crippen LogP contribution in [0.4, 0.5) is 9.18 Å². The first-order valence-corrected chi connectivity index (χ1v) is 11.6. The van der Waals surface area contributed by atoms with Gasteiger partial charge in [-0.05, 0) is 35.7 Å². The van der Waals surface area contributed by atoms with E-state index in [2.05, 4.69) is 15.6 Å². The molecule has 0 saturated heterocycles. The smallest absolute Gasteiger partial charge is 0.316 e. The molecule has 0 aliphatic carbocycles. The van der Waals surface area contributed by atoms with Crippen LogP contribution >= 0.6 is 0 Å². The normalized spacial score (nSPS) is 10.9. The quantitative estimate of drug-likeness (QED) is 0.277. The van der Waals surface area contributed by atoms with Crippen LogP contribution in [-0.2, 0) is 17.7 Å². The topological polar surface area (TPSA) is 146 Å². The number of aromatic nitrogens is 2. The molecule has 0 aliphatic heterocycles. The summed E-state index contributed by atoms with van der Waals surface area (Å²) >= 11 is 0. The van der Waals surface area contributed by atoms with E-state index in [-0.39, 0.29) is 62.3 Å². The van der Waals surface area contributed by atoms with E-state index in [0.717, 1.165) is 5.56 Å². The van der Waals surface area contributed by atoms with Crippen LogP contribution in [0.5, 0.6) is 5.75 Å². The zero-order valence-corrected chi connectivity index (χ0v) is 20.7. The van der Waals surface area contributed by atoms with Crippen LogP contribution in [0.1, 0.15) is 21.5 Å². The summed E-state index contributed by atoms with van der Waals surface area (Å²) in [5.41, 5.74) is 0.610. The van der Waals surface area contributed by atoms with Gasteiger partial charge in [-0.1, -0.05) is 12.1 Å². The number of nitrogens with zero attached hydrogens (tertiary/aromatic N) is 3. The van der Waals surface area contributed by atoms with Crippen molar-refractivity contribution < 1.29 is 28.9 Å². The molecule has 0 unspecified atom stereocenters. The van der Waals surface area contributed by atoms with Crippen molar-refractivity contribution in [3.8, 4) is 5.75 Å². The third-order valence-corrected chi connectivity index (χ3v) is 5.47. The summed E-state index contributed by atoms with van der Waals surface area (Å²) in [6.45, 7) is 0.191. The Morgan fingerprint density at radius 2 is 1.84 bits per heavy atom. The van der Waals surface area contributed by atoms with Gasteiger partial charge in [0.1, 0.15) is 16.9 Å². The highest BCUT2D eigenvalue weighted by Gasteiger charge is 2.23. The molecule has 3 aromatic rings. The fraction of sp³-hybridized carbons (Fsp3) is 0.360. The summed E-state index contributed by atoms with van der Waals surface area (Å²) in [7, 11) is 3.16. The fourth-order valence-corrected chi connectivity index (χ4v) is 3.63. The first kappa shape index (κ1) is 27.6. The van der Waals surface area contributed by atoms with Crippen molar-refractivity contribution in [1.29, 1.82) is 0 Å². The van der Waals surface area contributed by atoms with Crippen molar-refractivity contribution in [2.45, 2.75) is 13.0 Å². The third-order valence-electron chi connectivity index (χ3n) is 5.47. The number of carbonyl (C=O) groups is 2. The Hall–Kier alpha value is -4.03. The molecular weight excluding hydrogens is 485 g/mol. The molecule has 198 valence electrons. The van der Waals surface area contributed by atoms with Crippen LogP contribution in [0, 0.1) is 5.82 Å². The number of nitrogens with one attached hydrogen (secondary N) is 2. The number of urea groups is 1. The van der Waals surface area contributed by atoms with Crippen LogP contribution < -0.4 is 16.2 Å². The maximum Gasteiger partial charge on any atom is 0.316 e. The van der Waals surface area contributed by atoms with Gasteiger partial charge < -0.3 is 35.1 Å². The lowest BCUT2D eigenvalue weighted by atomic mass is 10.1. The first-order chi connectivity index (χ1) is 17.7. The van der Waals surface area contributed by atoms with Crippen molar-refractivity contribution in [1.82, 2.24) is 25.1 Å². The zero-order chi connectivity index (χ0) is 26.9. The number of aliphatic hydroxyl groups excluding tert-OH is 1. The number of pyridine rings is 2. The molecule has 0 atom stereocenters. The van der Waals surface area contributed by atoms with Gasteiger partial charge >= 0.3 is 6.03 Å². The third kappa shape index (κ3) is 7.02. The van der Waals surface area contributed by atoms with Crippen molar-refractivity contribution in [2.24, 2.45) is 0 Å². The molecule has 3 amide bonds. The molecule has 2 heterocycles. The lowest BCUT2D eigenvalue weighted by Crippen LogP contribution is -2.39. The monoisotopic (exact) mass is 515 g/mol. The van der Waals surface area contributed by atoms with Gasteiger partial charge in [0.2, 0.25) is 0 Å². The Morgan fingerprint density at radius 1 is 1.11 bits per heavy atom. The highest BCUT2D eigenvalue weighted by Crippen LogP contribution is 2.26. The minimum absolute atomic E-state index is 0.0107. The number of carbonyl (C=O) groups excluding carboxylic acids is 2. The number of hydrogen-bond acceptors (Lipinski definition) is 7. The largest absolute Gasteiger partial charge is 0.505 e. The van der Waals surface area contributed by atoms with Gasteiger partial charge in [-0.2, -0.15) is 0 Å². The summed E-state index contributed by atoms with van der Waals surface area (Å²) in [6.07, 6.45) is 1.91. The number of aromatic hydroxyl groups is 1.